The maximum Gasteiger partial charge on any atom is 0.278 e. The van der Waals surface area contributed by atoms with Crippen LogP contribution in [0, 0.1) is 10.1 Å². The van der Waals surface area contributed by atoms with Gasteiger partial charge in [0.1, 0.15) is 6.04 Å². The molecule has 2 aromatic carbocycles. The van der Waals surface area contributed by atoms with Crippen molar-refractivity contribution in [3.05, 3.63) is 63.7 Å². The first kappa shape index (κ1) is 20.2. The molecule has 8 heteroatoms. The van der Waals surface area contributed by atoms with Crippen molar-refractivity contribution in [2.24, 2.45) is 0 Å². The Morgan fingerprint density at radius 1 is 1.20 bits per heavy atom. The lowest BCUT2D eigenvalue weighted by Crippen LogP contribution is -2.42. The number of amides is 1. The third kappa shape index (κ3) is 4.23. The largest absolute Gasteiger partial charge is 0.454 e. The lowest BCUT2D eigenvalue weighted by atomic mass is 10.00. The van der Waals surface area contributed by atoms with Crippen LogP contribution in [0.25, 0.3) is 0 Å². The van der Waals surface area contributed by atoms with Crippen molar-refractivity contribution in [3.8, 4) is 11.5 Å². The van der Waals surface area contributed by atoms with Crippen molar-refractivity contribution in [1.82, 2.24) is 10.2 Å². The van der Waals surface area contributed by atoms with E-state index in [1.54, 1.807) is 13.1 Å². The number of carbonyl (C=O) groups excluding carboxylic acids is 1. The van der Waals surface area contributed by atoms with Gasteiger partial charge in [-0.1, -0.05) is 43.2 Å². The van der Waals surface area contributed by atoms with E-state index >= 15 is 0 Å². The van der Waals surface area contributed by atoms with Gasteiger partial charge in [-0.2, -0.15) is 0 Å². The minimum absolute atomic E-state index is 0.00866. The molecule has 1 aliphatic heterocycles. The monoisotopic (exact) mass is 411 g/mol. The molecule has 1 fully saturated rings. The number of hydrogen-bond donors (Lipinski definition) is 1. The van der Waals surface area contributed by atoms with Crippen molar-refractivity contribution in [2.45, 2.75) is 44.3 Å². The van der Waals surface area contributed by atoms with Gasteiger partial charge in [-0.25, -0.2) is 0 Å². The van der Waals surface area contributed by atoms with Crippen molar-refractivity contribution in [3.63, 3.8) is 0 Å². The summed E-state index contributed by atoms with van der Waals surface area (Å²) < 4.78 is 10.7. The number of nitro groups is 1. The highest BCUT2D eigenvalue weighted by atomic mass is 16.7. The topological polar surface area (TPSA) is 93.9 Å². The molecule has 8 nitrogen and oxygen atoms in total. The summed E-state index contributed by atoms with van der Waals surface area (Å²) in [6, 6.07) is 11.9. The molecule has 1 heterocycles. The molecule has 1 atom stereocenters. The van der Waals surface area contributed by atoms with E-state index in [1.165, 1.54) is 6.07 Å². The molecule has 1 aliphatic carbocycles. The predicted octanol–water partition coefficient (Wildman–Crippen LogP) is 3.56. The number of hydrogen-bond acceptors (Lipinski definition) is 6. The molecule has 1 saturated carbocycles. The Morgan fingerprint density at radius 3 is 2.53 bits per heavy atom. The molecule has 158 valence electrons. The Morgan fingerprint density at radius 2 is 1.87 bits per heavy atom. The van der Waals surface area contributed by atoms with E-state index in [0.717, 1.165) is 31.2 Å². The summed E-state index contributed by atoms with van der Waals surface area (Å²) in [5.74, 6) is 0.510. The van der Waals surface area contributed by atoms with E-state index < -0.39 is 11.0 Å². The van der Waals surface area contributed by atoms with E-state index in [2.05, 4.69) is 5.32 Å². The van der Waals surface area contributed by atoms with E-state index in [0.29, 0.717) is 23.6 Å². The minimum Gasteiger partial charge on any atom is -0.454 e. The third-order valence-corrected chi connectivity index (χ3v) is 5.68. The number of likely N-dealkylation sites (N-methyl/N-ethyl adjacent to an activating group) is 1. The van der Waals surface area contributed by atoms with Gasteiger partial charge in [0.25, 0.3) is 5.69 Å². The van der Waals surface area contributed by atoms with Crippen LogP contribution < -0.4 is 14.8 Å². The van der Waals surface area contributed by atoms with Crippen LogP contribution in [0.4, 0.5) is 5.69 Å². The first-order chi connectivity index (χ1) is 14.5. The van der Waals surface area contributed by atoms with Gasteiger partial charge in [-0.05, 0) is 31.5 Å². The van der Waals surface area contributed by atoms with Crippen molar-refractivity contribution in [1.29, 1.82) is 0 Å². The Hall–Kier alpha value is -3.13. The highest BCUT2D eigenvalue weighted by Crippen LogP contribution is 2.41. The number of rotatable bonds is 7. The number of ether oxygens (including phenoxy) is 2. The van der Waals surface area contributed by atoms with Crippen molar-refractivity contribution >= 4 is 11.6 Å². The lowest BCUT2D eigenvalue weighted by molar-refractivity contribution is -0.385. The lowest BCUT2D eigenvalue weighted by Gasteiger charge is -2.28. The average Bonchev–Trinajstić information content (AvgIpc) is 3.39. The van der Waals surface area contributed by atoms with Gasteiger partial charge in [-0.3, -0.25) is 19.8 Å². The molecule has 0 aromatic heterocycles. The summed E-state index contributed by atoms with van der Waals surface area (Å²) in [4.78, 5) is 26.6. The molecule has 2 aromatic rings. The zero-order chi connectivity index (χ0) is 21.1. The smallest absolute Gasteiger partial charge is 0.278 e. The molecule has 2 aliphatic rings. The number of fused-ring (bicyclic) bond motifs is 1. The number of nitrogens with one attached hydrogen (secondary N) is 1. The van der Waals surface area contributed by atoms with Crippen LogP contribution >= 0.6 is 0 Å². The normalized spacial score (nSPS) is 16.6. The molecule has 30 heavy (non-hydrogen) atoms. The van der Waals surface area contributed by atoms with E-state index in [-0.39, 0.29) is 24.4 Å². The number of benzene rings is 2. The summed E-state index contributed by atoms with van der Waals surface area (Å²) in [6.45, 7) is 0.476. The fourth-order valence-electron chi connectivity index (χ4n) is 4.22. The molecule has 1 N–H and O–H groups in total. The minimum atomic E-state index is -0.833. The second-order valence-corrected chi connectivity index (χ2v) is 7.81. The van der Waals surface area contributed by atoms with E-state index in [9.17, 15) is 14.9 Å². The van der Waals surface area contributed by atoms with Crippen LogP contribution in [0.2, 0.25) is 0 Å². The van der Waals surface area contributed by atoms with Crippen LogP contribution in [0.1, 0.15) is 42.9 Å². The van der Waals surface area contributed by atoms with Crippen molar-refractivity contribution in [2.75, 3.05) is 13.8 Å². The first-order valence-electron chi connectivity index (χ1n) is 10.2. The molecular formula is C22H25N3O5. The van der Waals surface area contributed by atoms with Crippen LogP contribution in [0.15, 0.2) is 42.5 Å². The summed E-state index contributed by atoms with van der Waals surface area (Å²) in [6.07, 6.45) is 4.04. The maximum atomic E-state index is 13.4. The molecular weight excluding hydrogens is 386 g/mol. The van der Waals surface area contributed by atoms with Gasteiger partial charge < -0.3 is 14.8 Å². The molecule has 1 unspecified atom stereocenters. The molecule has 0 bridgehead atoms. The first-order valence-corrected chi connectivity index (χ1v) is 10.2. The van der Waals surface area contributed by atoms with Crippen LogP contribution in [0.5, 0.6) is 11.5 Å². The van der Waals surface area contributed by atoms with Gasteiger partial charge in [0.15, 0.2) is 11.5 Å². The molecule has 4 rings (SSSR count). The fraction of sp³-hybridized carbons (Fsp3) is 0.409. The highest BCUT2D eigenvalue weighted by Gasteiger charge is 2.35. The van der Waals surface area contributed by atoms with Gasteiger partial charge in [0, 0.05) is 12.6 Å². The zero-order valence-corrected chi connectivity index (χ0v) is 16.9. The second-order valence-electron chi connectivity index (χ2n) is 7.81. The number of nitrogens with zero attached hydrogens (tertiary/aromatic N) is 2. The fourth-order valence-corrected chi connectivity index (χ4v) is 4.22. The van der Waals surface area contributed by atoms with Gasteiger partial charge >= 0.3 is 0 Å². The Bertz CT molecular complexity index is 928. The number of carbonyl (C=O) groups is 1. The summed E-state index contributed by atoms with van der Waals surface area (Å²) in [5.41, 5.74) is 1.17. The Balaban J connectivity index is 1.70. The summed E-state index contributed by atoms with van der Waals surface area (Å²) >= 11 is 0. The summed E-state index contributed by atoms with van der Waals surface area (Å²) in [5, 5.41) is 14.9. The van der Waals surface area contributed by atoms with Gasteiger partial charge in [-0.15, -0.1) is 0 Å². The molecule has 0 saturated heterocycles. The second kappa shape index (κ2) is 8.71. The molecule has 0 spiro atoms. The predicted molar refractivity (Wildman–Crippen MR) is 110 cm³/mol. The van der Waals surface area contributed by atoms with Crippen LogP contribution in [-0.2, 0) is 11.3 Å². The van der Waals surface area contributed by atoms with Gasteiger partial charge in [0.05, 0.1) is 16.6 Å². The Labute approximate surface area is 174 Å². The van der Waals surface area contributed by atoms with Crippen LogP contribution in [-0.4, -0.2) is 35.6 Å². The molecule has 0 radical (unpaired) electrons. The number of nitro benzene ring substituents is 1. The zero-order valence-electron chi connectivity index (χ0n) is 16.9. The maximum absolute atomic E-state index is 13.4. The third-order valence-electron chi connectivity index (χ3n) is 5.68. The Kier molecular flexibility index (Phi) is 5.85. The SMILES string of the molecule is CN(Cc1ccccc1)C(C(=O)NC1CCCC1)c1cc2c(cc1[N+](=O)[O-])OCO2. The van der Waals surface area contributed by atoms with E-state index in [4.69, 9.17) is 9.47 Å². The standard InChI is InChI=1S/C22H25N3O5/c1-24(13-15-7-3-2-4-8-15)21(22(26)23-16-9-5-6-10-16)17-11-19-20(30-14-29-19)12-18(17)25(27)28/h2-4,7-8,11-12,16,21H,5-6,9-10,13-14H2,1H3,(H,23,26). The van der Waals surface area contributed by atoms with Crippen LogP contribution in [0.3, 0.4) is 0 Å². The summed E-state index contributed by atoms with van der Waals surface area (Å²) in [7, 11) is 1.81. The quantitative estimate of drug-likeness (QED) is 0.553. The van der Waals surface area contributed by atoms with Gasteiger partial charge in [0.2, 0.25) is 12.7 Å². The average molecular weight is 411 g/mol. The van der Waals surface area contributed by atoms with Crippen molar-refractivity contribution < 1.29 is 19.2 Å². The van der Waals surface area contributed by atoms with E-state index in [1.807, 2.05) is 35.2 Å². The molecule has 1 amide bonds. The highest BCUT2D eigenvalue weighted by molar-refractivity contribution is 5.85.